The van der Waals surface area contributed by atoms with E-state index in [1.807, 2.05) is 6.92 Å². The van der Waals surface area contributed by atoms with E-state index in [9.17, 15) is 19.7 Å². The van der Waals surface area contributed by atoms with Gasteiger partial charge in [0.2, 0.25) is 0 Å². The van der Waals surface area contributed by atoms with Crippen LogP contribution in [0.2, 0.25) is 0 Å². The average molecular weight is 457 g/mol. The van der Waals surface area contributed by atoms with Crippen LogP contribution in [0.15, 0.2) is 35.9 Å². The number of halogens is 1. The van der Waals surface area contributed by atoms with Gasteiger partial charge < -0.3 is 15.3 Å². The molecule has 0 spiro atoms. The van der Waals surface area contributed by atoms with Crippen molar-refractivity contribution in [1.29, 1.82) is 0 Å². The number of aliphatic hydroxyl groups is 3. The molecule has 3 fully saturated rings. The molecule has 33 heavy (non-hydrogen) atoms. The number of rotatable bonds is 4. The molecule has 9 atom stereocenters. The standard InChI is InChI=1S/C29H41FO3/c1-27-14-12-21(31)17-19(27)6-9-22-23-10-11-25(28(23,2)15-13-24(22)27)29(3,33)26(32)16-18-4-7-20(30)8-5-18/h4-8,21-26,31-33H,9-17H2,1-3H3/t21-,22-,23-,24-,25-,26+,27-,28-,29+/m0/s1. The molecule has 0 unspecified atom stereocenters. The van der Waals surface area contributed by atoms with Crippen LogP contribution in [0.4, 0.5) is 4.39 Å². The molecule has 0 bridgehead atoms. The van der Waals surface area contributed by atoms with E-state index in [0.717, 1.165) is 50.5 Å². The Labute approximate surface area is 198 Å². The lowest BCUT2D eigenvalue weighted by atomic mass is 9.46. The van der Waals surface area contributed by atoms with Crippen molar-refractivity contribution >= 4 is 0 Å². The fraction of sp³-hybridized carbons (Fsp3) is 0.724. The van der Waals surface area contributed by atoms with Crippen LogP contribution in [-0.4, -0.2) is 33.1 Å². The fourth-order valence-electron chi connectivity index (χ4n) is 8.88. The van der Waals surface area contributed by atoms with Gasteiger partial charge in [-0.2, -0.15) is 0 Å². The van der Waals surface area contributed by atoms with E-state index in [0.29, 0.717) is 24.2 Å². The number of fused-ring (bicyclic) bond motifs is 5. The van der Waals surface area contributed by atoms with E-state index >= 15 is 0 Å². The molecule has 1 aromatic carbocycles. The lowest BCUT2D eigenvalue weighted by Crippen LogP contribution is -2.56. The molecular formula is C29H41FO3. The maximum atomic E-state index is 13.3. The second-order valence-electron chi connectivity index (χ2n) is 12.4. The van der Waals surface area contributed by atoms with Crippen LogP contribution in [0.1, 0.15) is 77.7 Å². The summed E-state index contributed by atoms with van der Waals surface area (Å²) in [6, 6.07) is 6.24. The molecule has 0 radical (unpaired) electrons. The van der Waals surface area contributed by atoms with E-state index in [1.54, 1.807) is 12.1 Å². The van der Waals surface area contributed by atoms with Crippen molar-refractivity contribution in [3.8, 4) is 0 Å². The smallest absolute Gasteiger partial charge is 0.123 e. The summed E-state index contributed by atoms with van der Waals surface area (Å²) in [5, 5.41) is 33.1. The maximum absolute atomic E-state index is 13.3. The Morgan fingerprint density at radius 2 is 1.79 bits per heavy atom. The van der Waals surface area contributed by atoms with E-state index in [-0.39, 0.29) is 28.7 Å². The minimum absolute atomic E-state index is 0.0182. The third kappa shape index (κ3) is 3.72. The summed E-state index contributed by atoms with van der Waals surface area (Å²) in [7, 11) is 0. The van der Waals surface area contributed by atoms with Gasteiger partial charge in [-0.1, -0.05) is 37.6 Å². The largest absolute Gasteiger partial charge is 0.393 e. The lowest BCUT2D eigenvalue weighted by molar-refractivity contribution is -0.148. The molecule has 0 heterocycles. The van der Waals surface area contributed by atoms with Gasteiger partial charge in [0.05, 0.1) is 17.8 Å². The van der Waals surface area contributed by atoms with Gasteiger partial charge in [0.15, 0.2) is 0 Å². The van der Waals surface area contributed by atoms with Crippen molar-refractivity contribution in [3.05, 3.63) is 47.3 Å². The molecule has 0 aromatic heterocycles. The Kier molecular flexibility index (Phi) is 5.82. The second-order valence-corrected chi connectivity index (χ2v) is 12.4. The van der Waals surface area contributed by atoms with Gasteiger partial charge in [-0.25, -0.2) is 4.39 Å². The van der Waals surface area contributed by atoms with Gasteiger partial charge in [-0.15, -0.1) is 0 Å². The zero-order valence-corrected chi connectivity index (χ0v) is 20.4. The van der Waals surface area contributed by atoms with Crippen molar-refractivity contribution < 1.29 is 19.7 Å². The molecule has 3 nitrogen and oxygen atoms in total. The summed E-state index contributed by atoms with van der Waals surface area (Å²) < 4.78 is 13.3. The first-order valence-electron chi connectivity index (χ1n) is 13.1. The monoisotopic (exact) mass is 456 g/mol. The SMILES string of the molecule is C[C@](O)([C@H](O)Cc1ccc(F)cc1)[C@H]1CC[C@H]2[C@@H]3CC=C4C[C@@H](O)CC[C@]4(C)[C@H]3CC[C@]12C. The lowest BCUT2D eigenvalue weighted by Gasteiger charge is -2.59. The van der Waals surface area contributed by atoms with Gasteiger partial charge in [-0.3, -0.25) is 0 Å². The predicted molar refractivity (Wildman–Crippen MR) is 128 cm³/mol. The summed E-state index contributed by atoms with van der Waals surface area (Å²) in [4.78, 5) is 0. The summed E-state index contributed by atoms with van der Waals surface area (Å²) in [6.45, 7) is 6.64. The summed E-state index contributed by atoms with van der Waals surface area (Å²) in [5.41, 5.74) is 1.39. The molecule has 4 heteroatoms. The highest BCUT2D eigenvalue weighted by molar-refractivity contribution is 5.26. The first-order chi connectivity index (χ1) is 15.6. The fourth-order valence-corrected chi connectivity index (χ4v) is 8.88. The molecular weight excluding hydrogens is 415 g/mol. The molecule has 0 aliphatic heterocycles. The van der Waals surface area contributed by atoms with E-state index in [1.165, 1.54) is 24.1 Å². The molecule has 0 amide bonds. The molecule has 182 valence electrons. The van der Waals surface area contributed by atoms with Crippen molar-refractivity contribution in [2.24, 2.45) is 34.5 Å². The minimum Gasteiger partial charge on any atom is -0.393 e. The van der Waals surface area contributed by atoms with Gasteiger partial charge in [0, 0.05) is 6.42 Å². The van der Waals surface area contributed by atoms with E-state index in [4.69, 9.17) is 0 Å². The summed E-state index contributed by atoms with van der Waals surface area (Å²) in [6.07, 6.45) is 9.98. The van der Waals surface area contributed by atoms with Gasteiger partial charge in [-0.05, 0) is 110 Å². The Bertz CT molecular complexity index is 908. The number of benzene rings is 1. The van der Waals surface area contributed by atoms with Gasteiger partial charge >= 0.3 is 0 Å². The van der Waals surface area contributed by atoms with Crippen LogP contribution >= 0.6 is 0 Å². The van der Waals surface area contributed by atoms with E-state index < -0.39 is 11.7 Å². The van der Waals surface area contributed by atoms with Crippen molar-refractivity contribution in [3.63, 3.8) is 0 Å². The number of hydrogen-bond donors (Lipinski definition) is 3. The molecule has 3 saturated carbocycles. The molecule has 5 rings (SSSR count). The summed E-state index contributed by atoms with van der Waals surface area (Å²) in [5.74, 6) is 1.62. The van der Waals surface area contributed by atoms with Crippen LogP contribution in [0, 0.1) is 40.3 Å². The molecule has 0 saturated heterocycles. The van der Waals surface area contributed by atoms with Crippen LogP contribution in [0.3, 0.4) is 0 Å². The van der Waals surface area contributed by atoms with Crippen molar-refractivity contribution in [2.75, 3.05) is 0 Å². The number of allylic oxidation sites excluding steroid dienone is 1. The normalized spacial score (nSPS) is 43.0. The first-order valence-corrected chi connectivity index (χ1v) is 13.1. The zero-order valence-electron chi connectivity index (χ0n) is 20.4. The highest BCUT2D eigenvalue weighted by Crippen LogP contribution is 2.67. The van der Waals surface area contributed by atoms with Crippen LogP contribution in [0.25, 0.3) is 0 Å². The Hall–Kier alpha value is -1.23. The number of aliphatic hydroxyl groups excluding tert-OH is 2. The van der Waals surface area contributed by atoms with Crippen LogP contribution < -0.4 is 0 Å². The third-order valence-corrected chi connectivity index (χ3v) is 10.8. The van der Waals surface area contributed by atoms with E-state index in [2.05, 4.69) is 19.9 Å². The Morgan fingerprint density at radius 3 is 2.52 bits per heavy atom. The molecule has 4 aliphatic rings. The quantitative estimate of drug-likeness (QED) is 0.530. The minimum atomic E-state index is -1.18. The molecule has 3 N–H and O–H groups in total. The van der Waals surface area contributed by atoms with Crippen LogP contribution in [-0.2, 0) is 6.42 Å². The Morgan fingerprint density at radius 1 is 1.06 bits per heavy atom. The van der Waals surface area contributed by atoms with Crippen molar-refractivity contribution in [2.45, 2.75) is 96.4 Å². The topological polar surface area (TPSA) is 60.7 Å². The maximum Gasteiger partial charge on any atom is 0.123 e. The molecule has 1 aromatic rings. The first kappa shape index (κ1) is 23.5. The highest BCUT2D eigenvalue weighted by Gasteiger charge is 2.62. The Balaban J connectivity index is 1.37. The highest BCUT2D eigenvalue weighted by atomic mass is 19.1. The number of hydrogen-bond acceptors (Lipinski definition) is 3. The van der Waals surface area contributed by atoms with Gasteiger partial charge in [0.1, 0.15) is 5.82 Å². The zero-order chi connectivity index (χ0) is 23.6. The molecule has 4 aliphatic carbocycles. The van der Waals surface area contributed by atoms with Gasteiger partial charge in [0.25, 0.3) is 0 Å². The van der Waals surface area contributed by atoms with Crippen molar-refractivity contribution in [1.82, 2.24) is 0 Å². The second kappa shape index (κ2) is 8.17. The predicted octanol–water partition coefficient (Wildman–Crippen LogP) is 5.42. The third-order valence-electron chi connectivity index (χ3n) is 10.8. The van der Waals surface area contributed by atoms with Crippen LogP contribution in [0.5, 0.6) is 0 Å². The average Bonchev–Trinajstić information content (AvgIpc) is 3.14. The summed E-state index contributed by atoms with van der Waals surface area (Å²) >= 11 is 0.